The van der Waals surface area contributed by atoms with E-state index in [1.54, 1.807) is 17.4 Å². The maximum absolute atomic E-state index is 12.6. The summed E-state index contributed by atoms with van der Waals surface area (Å²) in [5, 5.41) is 12.6. The van der Waals surface area contributed by atoms with Crippen LogP contribution in [0.25, 0.3) is 11.1 Å². The number of likely N-dealkylation sites (N-methyl/N-ethyl adjacent to an activating group) is 1. The van der Waals surface area contributed by atoms with Crippen LogP contribution in [0.4, 0.5) is 0 Å². The van der Waals surface area contributed by atoms with Gasteiger partial charge in [-0.05, 0) is 62.8 Å². The second-order valence-electron chi connectivity index (χ2n) is 6.79. The third-order valence-corrected chi connectivity index (χ3v) is 6.38. The highest BCUT2D eigenvalue weighted by molar-refractivity contribution is 7.15. The van der Waals surface area contributed by atoms with E-state index in [9.17, 15) is 14.9 Å². The smallest absolute Gasteiger partial charge is 0.341 e. The molecule has 0 aromatic carbocycles. The second kappa shape index (κ2) is 8.03. The Labute approximate surface area is 168 Å². The molecule has 0 unspecified atom stereocenters. The van der Waals surface area contributed by atoms with Gasteiger partial charge in [0, 0.05) is 23.3 Å². The Bertz CT molecular complexity index is 1020. The van der Waals surface area contributed by atoms with Crippen LogP contribution in [-0.4, -0.2) is 30.6 Å². The van der Waals surface area contributed by atoms with Crippen molar-refractivity contribution in [3.8, 4) is 11.1 Å². The van der Waals surface area contributed by atoms with Gasteiger partial charge in [0.2, 0.25) is 0 Å². The number of ether oxygens (including phenoxy) is 1. The van der Waals surface area contributed by atoms with Gasteiger partial charge in [-0.25, -0.2) is 4.79 Å². The molecule has 0 fully saturated rings. The fourth-order valence-corrected chi connectivity index (χ4v) is 5.19. The van der Waals surface area contributed by atoms with Gasteiger partial charge in [0.05, 0.1) is 12.7 Å². The molecule has 0 radical (unpaired) electrons. The van der Waals surface area contributed by atoms with Crippen molar-refractivity contribution in [3.05, 3.63) is 44.6 Å². The van der Waals surface area contributed by atoms with Crippen molar-refractivity contribution in [3.63, 3.8) is 0 Å². The lowest BCUT2D eigenvalue weighted by atomic mass is 9.95. The monoisotopic (exact) mass is 397 g/mol. The lowest BCUT2D eigenvalue weighted by Gasteiger charge is -2.12. The Morgan fingerprint density at radius 1 is 1.32 bits per heavy atom. The molecule has 0 spiro atoms. The van der Waals surface area contributed by atoms with E-state index in [2.05, 4.69) is 5.32 Å². The molecule has 2 heterocycles. The number of thiophene rings is 1. The van der Waals surface area contributed by atoms with E-state index in [0.717, 1.165) is 53.2 Å². The summed E-state index contributed by atoms with van der Waals surface area (Å²) in [4.78, 5) is 25.7. The number of nitrogens with zero attached hydrogens (tertiary/aromatic N) is 2. The lowest BCUT2D eigenvalue weighted by Crippen LogP contribution is -2.19. The normalized spacial score (nSPS) is 13.6. The maximum Gasteiger partial charge on any atom is 0.341 e. The SMILES string of the molecule is CNC(=O)/C(C#N)=C\c1cc(C)n(-c2sc3c(c2C(=O)OC)CCCC3)c1C. The van der Waals surface area contributed by atoms with Crippen LogP contribution in [0.1, 0.15) is 50.6 Å². The van der Waals surface area contributed by atoms with Crippen LogP contribution in [0.2, 0.25) is 0 Å². The van der Waals surface area contributed by atoms with Crippen LogP contribution in [-0.2, 0) is 22.4 Å². The van der Waals surface area contributed by atoms with Crippen LogP contribution in [0.15, 0.2) is 11.6 Å². The van der Waals surface area contributed by atoms with Gasteiger partial charge in [0.15, 0.2) is 0 Å². The first kappa shape index (κ1) is 19.9. The molecule has 146 valence electrons. The third-order valence-electron chi connectivity index (χ3n) is 5.11. The van der Waals surface area contributed by atoms with Crippen molar-refractivity contribution in [1.29, 1.82) is 5.26 Å². The van der Waals surface area contributed by atoms with Crippen LogP contribution in [0, 0.1) is 25.2 Å². The summed E-state index contributed by atoms with van der Waals surface area (Å²) in [6.07, 6.45) is 5.65. The Kier molecular flexibility index (Phi) is 5.71. The van der Waals surface area contributed by atoms with Gasteiger partial charge in [0.1, 0.15) is 16.6 Å². The highest BCUT2D eigenvalue weighted by Gasteiger charge is 2.28. The summed E-state index contributed by atoms with van der Waals surface area (Å²) in [5.41, 5.74) is 4.37. The minimum atomic E-state index is -0.422. The number of nitriles is 1. The average molecular weight is 398 g/mol. The summed E-state index contributed by atoms with van der Waals surface area (Å²) in [6.45, 7) is 3.88. The fraction of sp³-hybridized carbons (Fsp3) is 0.381. The zero-order valence-corrected chi connectivity index (χ0v) is 17.3. The van der Waals surface area contributed by atoms with Crippen molar-refractivity contribution >= 4 is 29.3 Å². The average Bonchev–Trinajstić information content (AvgIpc) is 3.21. The quantitative estimate of drug-likeness (QED) is 0.486. The Morgan fingerprint density at radius 2 is 2.04 bits per heavy atom. The van der Waals surface area contributed by atoms with Gasteiger partial charge in [-0.1, -0.05) is 0 Å². The van der Waals surface area contributed by atoms with E-state index in [-0.39, 0.29) is 11.5 Å². The van der Waals surface area contributed by atoms with Gasteiger partial charge in [-0.2, -0.15) is 5.26 Å². The summed E-state index contributed by atoms with van der Waals surface area (Å²) >= 11 is 1.63. The number of nitrogens with one attached hydrogen (secondary N) is 1. The fourth-order valence-electron chi connectivity index (χ4n) is 3.71. The lowest BCUT2D eigenvalue weighted by molar-refractivity contribution is -0.116. The first-order valence-corrected chi connectivity index (χ1v) is 10.0. The first-order chi connectivity index (χ1) is 13.4. The van der Waals surface area contributed by atoms with Crippen LogP contribution in [0.5, 0.6) is 0 Å². The van der Waals surface area contributed by atoms with E-state index in [0.29, 0.717) is 5.56 Å². The number of carbonyl (C=O) groups is 2. The second-order valence-corrected chi connectivity index (χ2v) is 7.88. The number of fused-ring (bicyclic) bond motifs is 1. The molecule has 0 aliphatic heterocycles. The van der Waals surface area contributed by atoms with E-state index in [4.69, 9.17) is 4.74 Å². The molecule has 1 N–H and O–H groups in total. The Morgan fingerprint density at radius 3 is 2.68 bits per heavy atom. The number of aryl methyl sites for hydroxylation is 2. The number of rotatable bonds is 4. The molecule has 0 atom stereocenters. The third kappa shape index (κ3) is 3.36. The number of methoxy groups -OCH3 is 1. The van der Waals surface area contributed by atoms with Gasteiger partial charge in [-0.15, -0.1) is 11.3 Å². The molecule has 0 bridgehead atoms. The van der Waals surface area contributed by atoms with E-state index in [1.807, 2.05) is 30.6 Å². The highest BCUT2D eigenvalue weighted by atomic mass is 32.1. The standard InChI is InChI=1S/C21H23N3O3S/c1-12-9-14(10-15(11-22)19(25)23-3)13(2)24(12)20-18(21(26)27-4)16-7-5-6-8-17(16)28-20/h9-10H,5-8H2,1-4H3,(H,23,25)/b15-10-. The van der Waals surface area contributed by atoms with Gasteiger partial charge < -0.3 is 14.6 Å². The highest BCUT2D eigenvalue weighted by Crippen LogP contribution is 2.39. The molecule has 0 saturated carbocycles. The first-order valence-electron chi connectivity index (χ1n) is 9.19. The zero-order valence-electron chi connectivity index (χ0n) is 16.5. The summed E-state index contributed by atoms with van der Waals surface area (Å²) < 4.78 is 7.11. The Hall–Kier alpha value is -2.85. The molecule has 2 aromatic heterocycles. The molecule has 6 nitrogen and oxygen atoms in total. The molecule has 3 rings (SSSR count). The predicted octanol–water partition coefficient (Wildman–Crippen LogP) is 3.47. The van der Waals surface area contributed by atoms with Crippen molar-refractivity contribution in [2.45, 2.75) is 39.5 Å². The molecule has 7 heteroatoms. The number of aromatic nitrogens is 1. The van der Waals surface area contributed by atoms with Gasteiger partial charge in [0.25, 0.3) is 5.91 Å². The van der Waals surface area contributed by atoms with E-state index in [1.165, 1.54) is 19.0 Å². The maximum atomic E-state index is 12.6. The van der Waals surface area contributed by atoms with E-state index < -0.39 is 5.91 Å². The predicted molar refractivity (Wildman–Crippen MR) is 109 cm³/mol. The van der Waals surface area contributed by atoms with Crippen molar-refractivity contribution in [1.82, 2.24) is 9.88 Å². The molecule has 1 aliphatic rings. The van der Waals surface area contributed by atoms with Gasteiger partial charge >= 0.3 is 5.97 Å². The van der Waals surface area contributed by atoms with Crippen LogP contribution in [0.3, 0.4) is 0 Å². The van der Waals surface area contributed by atoms with Crippen molar-refractivity contribution in [2.24, 2.45) is 0 Å². The Balaban J connectivity index is 2.19. The summed E-state index contributed by atoms with van der Waals surface area (Å²) in [5.74, 6) is -0.740. The summed E-state index contributed by atoms with van der Waals surface area (Å²) in [6, 6.07) is 3.87. The van der Waals surface area contributed by atoms with E-state index >= 15 is 0 Å². The number of esters is 1. The minimum Gasteiger partial charge on any atom is -0.465 e. The molecule has 1 aliphatic carbocycles. The number of hydrogen-bond acceptors (Lipinski definition) is 5. The molecule has 2 aromatic rings. The number of hydrogen-bond donors (Lipinski definition) is 1. The molecule has 1 amide bonds. The number of amides is 1. The minimum absolute atomic E-state index is 0.0430. The van der Waals surface area contributed by atoms with Crippen LogP contribution < -0.4 is 5.32 Å². The topological polar surface area (TPSA) is 84.1 Å². The van der Waals surface area contributed by atoms with Gasteiger partial charge in [-0.3, -0.25) is 4.79 Å². The van der Waals surface area contributed by atoms with Crippen molar-refractivity contribution in [2.75, 3.05) is 14.2 Å². The number of carbonyl (C=O) groups excluding carboxylic acids is 2. The largest absolute Gasteiger partial charge is 0.465 e. The molecule has 28 heavy (non-hydrogen) atoms. The zero-order chi connectivity index (χ0) is 20.4. The molecule has 0 saturated heterocycles. The van der Waals surface area contributed by atoms with Crippen LogP contribution >= 0.6 is 11.3 Å². The molecular formula is C21H23N3O3S. The summed E-state index contributed by atoms with van der Waals surface area (Å²) in [7, 11) is 2.90. The van der Waals surface area contributed by atoms with Crippen molar-refractivity contribution < 1.29 is 14.3 Å². The molecular weight excluding hydrogens is 374 g/mol.